The zero-order chi connectivity index (χ0) is 14.4. The lowest BCUT2D eigenvalue weighted by molar-refractivity contribution is 0.284. The zero-order valence-electron chi connectivity index (χ0n) is 10.6. The van der Waals surface area contributed by atoms with Crippen LogP contribution in [-0.2, 0) is 24.4 Å². The molecule has 18 heavy (non-hydrogen) atoms. The van der Waals surface area contributed by atoms with Crippen molar-refractivity contribution in [2.75, 3.05) is 12.4 Å². The summed E-state index contributed by atoms with van der Waals surface area (Å²) in [5.74, 6) is -0.506. The molecule has 0 saturated carbocycles. The first-order valence-corrected chi connectivity index (χ1v) is 8.29. The molecule has 0 unspecified atom stereocenters. The maximum Gasteiger partial charge on any atom is 0.397 e. The van der Waals surface area contributed by atoms with Crippen LogP contribution in [0.3, 0.4) is 0 Å². The SMILES string of the molecule is CC/C(C)=C\C=C(/C)S(=O)(=O)CCOS(=O)(=O)O. The van der Waals surface area contributed by atoms with Crippen LogP contribution in [0.4, 0.5) is 0 Å². The maximum absolute atomic E-state index is 11.7. The molecule has 0 aliphatic carbocycles. The average molecular weight is 298 g/mol. The van der Waals surface area contributed by atoms with Crippen molar-refractivity contribution in [3.63, 3.8) is 0 Å². The van der Waals surface area contributed by atoms with Crippen molar-refractivity contribution in [2.45, 2.75) is 27.2 Å². The van der Waals surface area contributed by atoms with Gasteiger partial charge in [-0.15, -0.1) is 0 Å². The molecule has 0 saturated heterocycles. The Morgan fingerprint density at radius 2 is 1.72 bits per heavy atom. The van der Waals surface area contributed by atoms with E-state index in [1.54, 1.807) is 6.08 Å². The fraction of sp³-hybridized carbons (Fsp3) is 0.600. The molecule has 0 rings (SSSR count). The average Bonchev–Trinajstić information content (AvgIpc) is 2.22. The van der Waals surface area contributed by atoms with Gasteiger partial charge in [0.25, 0.3) is 0 Å². The van der Waals surface area contributed by atoms with E-state index in [-0.39, 0.29) is 4.91 Å². The minimum atomic E-state index is -4.60. The van der Waals surface area contributed by atoms with Crippen LogP contribution in [-0.4, -0.2) is 33.7 Å². The van der Waals surface area contributed by atoms with Crippen LogP contribution in [0.1, 0.15) is 27.2 Å². The molecule has 6 nitrogen and oxygen atoms in total. The Morgan fingerprint density at radius 3 is 2.17 bits per heavy atom. The van der Waals surface area contributed by atoms with Crippen molar-refractivity contribution >= 4 is 20.2 Å². The quantitative estimate of drug-likeness (QED) is 0.564. The van der Waals surface area contributed by atoms with Gasteiger partial charge in [0.15, 0.2) is 9.84 Å². The minimum absolute atomic E-state index is 0.120. The Kier molecular flexibility index (Phi) is 6.76. The first kappa shape index (κ1) is 17.3. The Bertz CT molecular complexity index is 525. The van der Waals surface area contributed by atoms with Gasteiger partial charge < -0.3 is 0 Å². The predicted octanol–water partition coefficient (Wildman–Crippen LogP) is 1.48. The van der Waals surface area contributed by atoms with E-state index in [0.29, 0.717) is 0 Å². The van der Waals surface area contributed by atoms with Crippen LogP contribution in [0.25, 0.3) is 0 Å². The van der Waals surface area contributed by atoms with Crippen LogP contribution >= 0.6 is 0 Å². The highest BCUT2D eigenvalue weighted by Crippen LogP contribution is 2.09. The molecular formula is C10H18O6S2. The van der Waals surface area contributed by atoms with Crippen LogP contribution in [0.5, 0.6) is 0 Å². The lowest BCUT2D eigenvalue weighted by Crippen LogP contribution is -2.15. The van der Waals surface area contributed by atoms with Gasteiger partial charge in [-0.1, -0.05) is 18.6 Å². The molecular weight excluding hydrogens is 280 g/mol. The molecule has 0 heterocycles. The highest BCUT2D eigenvalue weighted by atomic mass is 32.3. The Labute approximate surface area is 108 Å². The Morgan fingerprint density at radius 1 is 1.17 bits per heavy atom. The van der Waals surface area contributed by atoms with E-state index < -0.39 is 32.6 Å². The smallest absolute Gasteiger partial charge is 0.264 e. The van der Waals surface area contributed by atoms with E-state index in [1.807, 2.05) is 13.8 Å². The summed E-state index contributed by atoms with van der Waals surface area (Å²) < 4.78 is 56.1. The highest BCUT2D eigenvalue weighted by Gasteiger charge is 2.15. The molecule has 8 heteroatoms. The molecule has 0 aliphatic heterocycles. The van der Waals surface area contributed by atoms with Gasteiger partial charge in [-0.05, 0) is 26.3 Å². The van der Waals surface area contributed by atoms with Crippen LogP contribution in [0.2, 0.25) is 0 Å². The van der Waals surface area contributed by atoms with Crippen molar-refractivity contribution in [1.82, 2.24) is 0 Å². The van der Waals surface area contributed by atoms with Crippen LogP contribution in [0, 0.1) is 0 Å². The molecule has 1 N–H and O–H groups in total. The largest absolute Gasteiger partial charge is 0.397 e. The van der Waals surface area contributed by atoms with Gasteiger partial charge in [0.05, 0.1) is 12.4 Å². The molecule has 0 bridgehead atoms. The molecule has 0 spiro atoms. The first-order valence-electron chi connectivity index (χ1n) is 5.27. The van der Waals surface area contributed by atoms with E-state index in [0.717, 1.165) is 12.0 Å². The van der Waals surface area contributed by atoms with Crippen molar-refractivity contribution < 1.29 is 25.6 Å². The summed E-state index contributed by atoms with van der Waals surface area (Å²) in [7, 11) is -8.17. The number of rotatable bonds is 7. The molecule has 0 aromatic carbocycles. The summed E-state index contributed by atoms with van der Waals surface area (Å²) in [6.45, 7) is 4.63. The van der Waals surface area contributed by atoms with Gasteiger partial charge in [0.1, 0.15) is 0 Å². The Hall–Kier alpha value is -0.700. The topological polar surface area (TPSA) is 97.7 Å². The summed E-state index contributed by atoms with van der Waals surface area (Å²) in [6, 6.07) is 0. The molecule has 0 fully saturated rings. The van der Waals surface area contributed by atoms with E-state index in [9.17, 15) is 16.8 Å². The lowest BCUT2D eigenvalue weighted by Gasteiger charge is -2.03. The standard InChI is InChI=1S/C10H18O6S2/c1-4-9(2)5-6-10(3)17(11,12)8-7-16-18(13,14)15/h5-6H,4,7-8H2,1-3H3,(H,13,14,15)/b9-5-,10-6+. The molecule has 0 radical (unpaired) electrons. The normalized spacial score (nSPS) is 14.9. The van der Waals surface area contributed by atoms with Crippen LogP contribution in [0.15, 0.2) is 22.6 Å². The second-order valence-corrected chi connectivity index (χ2v) is 7.09. The monoisotopic (exact) mass is 298 g/mol. The summed E-state index contributed by atoms with van der Waals surface area (Å²) in [4.78, 5) is 0.120. The molecule has 0 atom stereocenters. The first-order chi connectivity index (χ1) is 8.08. The molecule has 0 aromatic rings. The van der Waals surface area contributed by atoms with Crippen molar-refractivity contribution in [3.8, 4) is 0 Å². The molecule has 0 amide bonds. The van der Waals surface area contributed by atoms with E-state index in [4.69, 9.17) is 4.55 Å². The third-order valence-corrected chi connectivity index (χ3v) is 4.52. The van der Waals surface area contributed by atoms with Gasteiger partial charge in [-0.25, -0.2) is 12.6 Å². The van der Waals surface area contributed by atoms with Gasteiger partial charge in [0.2, 0.25) is 0 Å². The van der Waals surface area contributed by atoms with E-state index in [1.165, 1.54) is 13.0 Å². The van der Waals surface area contributed by atoms with E-state index in [2.05, 4.69) is 4.18 Å². The van der Waals surface area contributed by atoms with Gasteiger partial charge in [-0.3, -0.25) is 4.55 Å². The summed E-state index contributed by atoms with van der Waals surface area (Å²) in [5.41, 5.74) is 1.03. The highest BCUT2D eigenvalue weighted by molar-refractivity contribution is 7.95. The second-order valence-electron chi connectivity index (χ2n) is 3.71. The number of hydrogen-bond acceptors (Lipinski definition) is 5. The number of allylic oxidation sites excluding steroid dienone is 4. The fourth-order valence-corrected chi connectivity index (χ4v) is 2.19. The molecule has 106 valence electrons. The van der Waals surface area contributed by atoms with Crippen molar-refractivity contribution in [1.29, 1.82) is 0 Å². The third kappa shape index (κ3) is 7.59. The lowest BCUT2D eigenvalue weighted by atomic mass is 10.2. The summed E-state index contributed by atoms with van der Waals surface area (Å²) in [6.07, 6.45) is 3.97. The van der Waals surface area contributed by atoms with Gasteiger partial charge in [0, 0.05) is 4.91 Å². The summed E-state index contributed by atoms with van der Waals surface area (Å²) >= 11 is 0. The zero-order valence-corrected chi connectivity index (χ0v) is 12.2. The van der Waals surface area contributed by atoms with E-state index >= 15 is 0 Å². The second kappa shape index (κ2) is 7.03. The van der Waals surface area contributed by atoms with Crippen molar-refractivity contribution in [3.05, 3.63) is 22.6 Å². The predicted molar refractivity (Wildman–Crippen MR) is 69.1 cm³/mol. The molecule has 0 aliphatic rings. The molecule has 0 aromatic heterocycles. The number of hydrogen-bond donors (Lipinski definition) is 1. The minimum Gasteiger partial charge on any atom is -0.264 e. The van der Waals surface area contributed by atoms with Gasteiger partial charge in [-0.2, -0.15) is 8.42 Å². The van der Waals surface area contributed by atoms with Crippen molar-refractivity contribution in [2.24, 2.45) is 0 Å². The third-order valence-electron chi connectivity index (χ3n) is 2.24. The number of sulfone groups is 1. The maximum atomic E-state index is 11.7. The van der Waals surface area contributed by atoms with Gasteiger partial charge >= 0.3 is 10.4 Å². The summed E-state index contributed by atoms with van der Waals surface area (Å²) in [5, 5.41) is 0. The van der Waals surface area contributed by atoms with Crippen LogP contribution < -0.4 is 0 Å². The fourth-order valence-electron chi connectivity index (χ4n) is 0.891. The Balaban J connectivity index is 4.65.